The van der Waals surface area contributed by atoms with Gasteiger partial charge in [-0.2, -0.15) is 14.6 Å². The Morgan fingerprint density at radius 1 is 1.33 bits per heavy atom. The van der Waals surface area contributed by atoms with Crippen LogP contribution < -0.4 is 5.32 Å². The van der Waals surface area contributed by atoms with Crippen LogP contribution in [0.2, 0.25) is 10.0 Å². The van der Waals surface area contributed by atoms with E-state index in [4.69, 9.17) is 23.2 Å². The molecule has 0 saturated heterocycles. The van der Waals surface area contributed by atoms with Gasteiger partial charge in [0.25, 0.3) is 0 Å². The maximum absolute atomic E-state index is 11.3. The molecular weight excluding hydrogens is 409 g/mol. The van der Waals surface area contributed by atoms with Crippen LogP contribution in [0.15, 0.2) is 35.6 Å². The van der Waals surface area contributed by atoms with Crippen LogP contribution in [-0.2, 0) is 16.1 Å². The van der Waals surface area contributed by atoms with E-state index in [1.165, 1.54) is 24.9 Å². The fourth-order valence-corrected chi connectivity index (χ4v) is 2.93. The average molecular weight is 424 g/mol. The van der Waals surface area contributed by atoms with Crippen LogP contribution in [0.4, 0.5) is 5.95 Å². The van der Waals surface area contributed by atoms with Crippen molar-refractivity contribution in [2.24, 2.45) is 0 Å². The summed E-state index contributed by atoms with van der Waals surface area (Å²) in [5.41, 5.74) is 2.20. The molecule has 2 aromatic heterocycles. The standard InChI is InChI=1S/C17H15Cl2N5O2S/c1-26-14(25)6-4-11-9-21-24-15(11)22-17(27-2)23-16(24)20-8-10-3-5-12(18)13(19)7-10/h3-7,9H,8H2,1-2H3,(H,20,22,23)/b6-4+. The summed E-state index contributed by atoms with van der Waals surface area (Å²) in [4.78, 5) is 20.3. The first-order chi connectivity index (χ1) is 13.0. The highest BCUT2D eigenvalue weighted by atomic mass is 35.5. The molecule has 140 valence electrons. The second kappa shape index (κ2) is 8.60. The fourth-order valence-electron chi connectivity index (χ4n) is 2.25. The van der Waals surface area contributed by atoms with Crippen molar-refractivity contribution in [1.82, 2.24) is 19.6 Å². The smallest absolute Gasteiger partial charge is 0.330 e. The number of ether oxygens (including phenoxy) is 1. The van der Waals surface area contributed by atoms with E-state index in [1.807, 2.05) is 12.3 Å². The minimum absolute atomic E-state index is 0.452. The predicted molar refractivity (Wildman–Crippen MR) is 107 cm³/mol. The molecule has 1 N–H and O–H groups in total. The lowest BCUT2D eigenvalue weighted by Gasteiger charge is -2.09. The van der Waals surface area contributed by atoms with Gasteiger partial charge in [0.1, 0.15) is 0 Å². The van der Waals surface area contributed by atoms with Crippen LogP contribution in [0, 0.1) is 0 Å². The fraction of sp³-hybridized carbons (Fsp3) is 0.176. The molecule has 0 spiro atoms. The molecule has 3 rings (SSSR count). The van der Waals surface area contributed by atoms with Gasteiger partial charge in [0.2, 0.25) is 5.95 Å². The Balaban J connectivity index is 1.92. The summed E-state index contributed by atoms with van der Waals surface area (Å²) >= 11 is 13.4. The van der Waals surface area contributed by atoms with E-state index < -0.39 is 5.97 Å². The maximum Gasteiger partial charge on any atom is 0.330 e. The SMILES string of the molecule is COC(=O)/C=C/c1cnn2c(NCc3ccc(Cl)c(Cl)c3)nc(SC)nc12. The first kappa shape index (κ1) is 19.5. The first-order valence-corrected chi connectivity index (χ1v) is 9.73. The number of carbonyl (C=O) groups excluding carboxylic acids is 1. The van der Waals surface area contributed by atoms with Crippen LogP contribution in [-0.4, -0.2) is 38.9 Å². The van der Waals surface area contributed by atoms with Gasteiger partial charge < -0.3 is 10.1 Å². The van der Waals surface area contributed by atoms with Crippen molar-refractivity contribution in [2.75, 3.05) is 18.7 Å². The normalized spacial score (nSPS) is 11.3. The van der Waals surface area contributed by atoms with Gasteiger partial charge in [0.05, 0.1) is 23.4 Å². The van der Waals surface area contributed by atoms with Crippen molar-refractivity contribution in [2.45, 2.75) is 11.7 Å². The Bertz CT molecular complexity index is 1020. The number of rotatable bonds is 6. The molecule has 3 aromatic rings. The van der Waals surface area contributed by atoms with Gasteiger partial charge in [0, 0.05) is 18.2 Å². The minimum Gasteiger partial charge on any atom is -0.466 e. The molecule has 0 unspecified atom stereocenters. The van der Waals surface area contributed by atoms with Crippen LogP contribution >= 0.6 is 35.0 Å². The van der Waals surface area contributed by atoms with Gasteiger partial charge in [-0.05, 0) is 30.0 Å². The average Bonchev–Trinajstić information content (AvgIpc) is 3.09. The number of benzene rings is 1. The number of aromatic nitrogens is 4. The predicted octanol–water partition coefficient (Wildman–Crippen LogP) is 3.95. The molecule has 0 atom stereocenters. The molecule has 10 heteroatoms. The highest BCUT2D eigenvalue weighted by molar-refractivity contribution is 7.98. The Hall–Kier alpha value is -2.29. The number of methoxy groups -OCH3 is 1. The Labute approximate surface area is 169 Å². The molecule has 0 aliphatic rings. The number of thioether (sulfide) groups is 1. The monoisotopic (exact) mass is 423 g/mol. The summed E-state index contributed by atoms with van der Waals surface area (Å²) in [7, 11) is 1.32. The van der Waals surface area contributed by atoms with Gasteiger partial charge in [-0.1, -0.05) is 41.0 Å². The molecule has 0 aliphatic heterocycles. The lowest BCUT2D eigenvalue weighted by atomic mass is 10.2. The van der Waals surface area contributed by atoms with Crippen LogP contribution in [0.5, 0.6) is 0 Å². The van der Waals surface area contributed by atoms with E-state index in [1.54, 1.807) is 28.9 Å². The number of carbonyl (C=O) groups is 1. The molecule has 0 radical (unpaired) electrons. The van der Waals surface area contributed by atoms with E-state index in [0.29, 0.717) is 38.9 Å². The molecule has 27 heavy (non-hydrogen) atoms. The Morgan fingerprint density at radius 3 is 2.85 bits per heavy atom. The molecule has 0 bridgehead atoms. The summed E-state index contributed by atoms with van der Waals surface area (Å²) in [6.45, 7) is 0.476. The van der Waals surface area contributed by atoms with E-state index in [9.17, 15) is 4.79 Å². The number of nitrogens with one attached hydrogen (secondary N) is 1. The van der Waals surface area contributed by atoms with E-state index in [0.717, 1.165) is 5.56 Å². The highest BCUT2D eigenvalue weighted by Gasteiger charge is 2.12. The van der Waals surface area contributed by atoms with Crippen molar-refractivity contribution >= 4 is 58.6 Å². The Morgan fingerprint density at radius 2 is 2.15 bits per heavy atom. The van der Waals surface area contributed by atoms with Gasteiger partial charge >= 0.3 is 5.97 Å². The van der Waals surface area contributed by atoms with Crippen molar-refractivity contribution in [3.63, 3.8) is 0 Å². The van der Waals surface area contributed by atoms with E-state index in [2.05, 4.69) is 25.1 Å². The second-order valence-electron chi connectivity index (χ2n) is 5.33. The number of fused-ring (bicyclic) bond motifs is 1. The van der Waals surface area contributed by atoms with Gasteiger partial charge in [-0.25, -0.2) is 9.78 Å². The maximum atomic E-state index is 11.3. The van der Waals surface area contributed by atoms with Crippen molar-refractivity contribution in [3.05, 3.63) is 51.6 Å². The van der Waals surface area contributed by atoms with Crippen LogP contribution in [0.3, 0.4) is 0 Å². The van der Waals surface area contributed by atoms with Gasteiger partial charge in [0.15, 0.2) is 10.8 Å². The zero-order valence-electron chi connectivity index (χ0n) is 14.4. The summed E-state index contributed by atoms with van der Waals surface area (Å²) < 4.78 is 6.19. The molecular formula is C17H15Cl2N5O2S. The number of halogens is 2. The molecule has 0 amide bonds. The summed E-state index contributed by atoms with van der Waals surface area (Å²) in [5, 5.41) is 9.11. The summed E-state index contributed by atoms with van der Waals surface area (Å²) in [6, 6.07) is 5.41. The topological polar surface area (TPSA) is 81.4 Å². The van der Waals surface area contributed by atoms with Crippen molar-refractivity contribution < 1.29 is 9.53 Å². The van der Waals surface area contributed by atoms with Crippen molar-refractivity contribution in [1.29, 1.82) is 0 Å². The van der Waals surface area contributed by atoms with Crippen molar-refractivity contribution in [3.8, 4) is 0 Å². The molecule has 0 saturated carbocycles. The molecule has 0 fully saturated rings. The molecule has 0 aliphatic carbocycles. The van der Waals surface area contributed by atoms with E-state index >= 15 is 0 Å². The zero-order valence-corrected chi connectivity index (χ0v) is 16.8. The summed E-state index contributed by atoms with van der Waals surface area (Å²) in [5.74, 6) is 0.0691. The van der Waals surface area contributed by atoms with Gasteiger partial charge in [-0.3, -0.25) is 0 Å². The number of hydrogen-bond donors (Lipinski definition) is 1. The number of anilines is 1. The third kappa shape index (κ3) is 4.52. The quantitative estimate of drug-likeness (QED) is 0.365. The summed E-state index contributed by atoms with van der Waals surface area (Å²) in [6.07, 6.45) is 6.42. The number of esters is 1. The van der Waals surface area contributed by atoms with Gasteiger partial charge in [-0.15, -0.1) is 0 Å². The molecule has 7 nitrogen and oxygen atoms in total. The first-order valence-electron chi connectivity index (χ1n) is 7.75. The number of nitrogens with zero attached hydrogens (tertiary/aromatic N) is 4. The third-order valence-electron chi connectivity index (χ3n) is 3.59. The second-order valence-corrected chi connectivity index (χ2v) is 6.92. The molecule has 1 aromatic carbocycles. The number of hydrogen-bond acceptors (Lipinski definition) is 7. The lowest BCUT2D eigenvalue weighted by Crippen LogP contribution is -2.09. The third-order valence-corrected chi connectivity index (χ3v) is 4.88. The largest absolute Gasteiger partial charge is 0.466 e. The molecule has 2 heterocycles. The van der Waals surface area contributed by atoms with Crippen LogP contribution in [0.1, 0.15) is 11.1 Å². The van der Waals surface area contributed by atoms with E-state index in [-0.39, 0.29) is 0 Å². The zero-order chi connectivity index (χ0) is 19.4. The Kier molecular flexibility index (Phi) is 6.20. The highest BCUT2D eigenvalue weighted by Crippen LogP contribution is 2.23. The lowest BCUT2D eigenvalue weighted by molar-refractivity contribution is -0.134. The minimum atomic E-state index is -0.452. The van der Waals surface area contributed by atoms with Crippen LogP contribution in [0.25, 0.3) is 11.7 Å².